The van der Waals surface area contributed by atoms with E-state index in [0.29, 0.717) is 118 Å². The first kappa shape index (κ1) is 35.6. The Morgan fingerprint density at radius 2 is 0.811 bits per heavy atom. The van der Waals surface area contributed by atoms with Crippen LogP contribution in [0, 0.1) is 0 Å². The molecule has 0 saturated carbocycles. The Balaban J connectivity index is 3.23. The summed E-state index contributed by atoms with van der Waals surface area (Å²) in [5.41, 5.74) is 22.3. The van der Waals surface area contributed by atoms with Gasteiger partial charge in [0.2, 0.25) is 11.8 Å². The highest BCUT2D eigenvalue weighted by Gasteiger charge is 2.12. The molecule has 0 radical (unpaired) electrons. The number of ether oxygens (including phenoxy) is 5. The third-order valence-electron chi connectivity index (χ3n) is 5.13. The lowest BCUT2D eigenvalue weighted by atomic mass is 10.1. The van der Waals surface area contributed by atoms with Gasteiger partial charge >= 0.3 is 0 Å². The maximum absolute atomic E-state index is 11.7. The molecule has 0 heterocycles. The van der Waals surface area contributed by atoms with Crippen molar-refractivity contribution in [3.05, 3.63) is 0 Å². The van der Waals surface area contributed by atoms with E-state index in [9.17, 15) is 9.59 Å². The van der Waals surface area contributed by atoms with Crippen LogP contribution < -0.4 is 33.6 Å². The molecule has 13 heteroatoms. The molecule has 37 heavy (non-hydrogen) atoms. The summed E-state index contributed by atoms with van der Waals surface area (Å²) in [6, 6.07) is -0.997. The standard InChI is InChI=1S/C24H52N6O7/c25-7-1-5-21(27)23(31)29-9-3-11-33-13-15-35-17-19-37-20-18-36-16-14-34-12-4-10-30-24(32)22(28)6-2-8-26/h21-22H,1-20,25-28H2,(H,29,31)(H,30,32)/t21-,22-/m0/s1. The zero-order valence-corrected chi connectivity index (χ0v) is 22.5. The molecule has 0 aliphatic carbocycles. The molecular formula is C24H52N6O7. The summed E-state index contributed by atoms with van der Waals surface area (Å²) in [7, 11) is 0. The largest absolute Gasteiger partial charge is 0.379 e. The van der Waals surface area contributed by atoms with Gasteiger partial charge in [-0.25, -0.2) is 0 Å². The van der Waals surface area contributed by atoms with Gasteiger partial charge in [0.25, 0.3) is 0 Å². The van der Waals surface area contributed by atoms with Crippen molar-refractivity contribution in [1.29, 1.82) is 0 Å². The van der Waals surface area contributed by atoms with Crippen LogP contribution in [0.5, 0.6) is 0 Å². The summed E-state index contributed by atoms with van der Waals surface area (Å²) in [5.74, 6) is -0.295. The van der Waals surface area contributed by atoms with Crippen LogP contribution in [-0.2, 0) is 33.3 Å². The molecule has 0 fully saturated rings. The summed E-state index contributed by atoms with van der Waals surface area (Å²) < 4.78 is 27.2. The summed E-state index contributed by atoms with van der Waals surface area (Å²) >= 11 is 0. The number of hydrogen-bond donors (Lipinski definition) is 6. The van der Waals surface area contributed by atoms with E-state index < -0.39 is 12.1 Å². The fraction of sp³-hybridized carbons (Fsp3) is 0.917. The molecule has 13 nitrogen and oxygen atoms in total. The molecule has 0 bridgehead atoms. The Hall–Kier alpha value is -1.42. The van der Waals surface area contributed by atoms with Gasteiger partial charge in [-0.3, -0.25) is 9.59 Å². The molecule has 0 saturated heterocycles. The van der Waals surface area contributed by atoms with Crippen molar-refractivity contribution in [2.75, 3.05) is 92.2 Å². The van der Waals surface area contributed by atoms with Crippen LogP contribution in [0.15, 0.2) is 0 Å². The molecule has 0 unspecified atom stereocenters. The molecule has 0 rings (SSSR count). The van der Waals surface area contributed by atoms with Crippen LogP contribution in [0.25, 0.3) is 0 Å². The third-order valence-corrected chi connectivity index (χ3v) is 5.13. The highest BCUT2D eigenvalue weighted by atomic mass is 16.6. The van der Waals surface area contributed by atoms with Crippen LogP contribution >= 0.6 is 0 Å². The van der Waals surface area contributed by atoms with Crippen molar-refractivity contribution >= 4 is 11.8 Å². The van der Waals surface area contributed by atoms with Crippen molar-refractivity contribution in [1.82, 2.24) is 10.6 Å². The Labute approximate surface area is 221 Å². The maximum atomic E-state index is 11.7. The van der Waals surface area contributed by atoms with Gasteiger partial charge in [0, 0.05) is 26.3 Å². The van der Waals surface area contributed by atoms with E-state index in [2.05, 4.69) is 10.6 Å². The molecule has 0 aromatic heterocycles. The molecule has 0 aliphatic heterocycles. The minimum atomic E-state index is -0.499. The average Bonchev–Trinajstić information content (AvgIpc) is 2.90. The first-order chi connectivity index (χ1) is 18.0. The van der Waals surface area contributed by atoms with Crippen molar-refractivity contribution < 1.29 is 33.3 Å². The second-order valence-electron chi connectivity index (χ2n) is 8.43. The Kier molecular flexibility index (Phi) is 26.6. The van der Waals surface area contributed by atoms with Gasteiger partial charge in [-0.05, 0) is 51.6 Å². The topological polar surface area (TPSA) is 208 Å². The van der Waals surface area contributed by atoms with E-state index in [-0.39, 0.29) is 11.8 Å². The molecule has 0 aromatic rings. The number of carbonyl (C=O) groups excluding carboxylic acids is 2. The predicted molar refractivity (Wildman–Crippen MR) is 142 cm³/mol. The van der Waals surface area contributed by atoms with Crippen LogP contribution in [0.2, 0.25) is 0 Å². The molecule has 220 valence electrons. The first-order valence-electron chi connectivity index (χ1n) is 13.4. The van der Waals surface area contributed by atoms with E-state index >= 15 is 0 Å². The summed E-state index contributed by atoms with van der Waals surface area (Å²) in [6.07, 6.45) is 4.11. The molecule has 2 atom stereocenters. The maximum Gasteiger partial charge on any atom is 0.236 e. The number of amides is 2. The van der Waals surface area contributed by atoms with Crippen molar-refractivity contribution in [3.8, 4) is 0 Å². The van der Waals surface area contributed by atoms with Crippen molar-refractivity contribution in [3.63, 3.8) is 0 Å². The van der Waals surface area contributed by atoms with E-state index in [0.717, 1.165) is 12.8 Å². The minimum Gasteiger partial charge on any atom is -0.379 e. The van der Waals surface area contributed by atoms with Gasteiger partial charge in [0.05, 0.1) is 64.9 Å². The van der Waals surface area contributed by atoms with E-state index in [1.807, 2.05) is 0 Å². The monoisotopic (exact) mass is 536 g/mol. The van der Waals surface area contributed by atoms with Gasteiger partial charge in [0.15, 0.2) is 0 Å². The quantitative estimate of drug-likeness (QED) is 0.0615. The molecule has 2 amide bonds. The number of nitrogens with one attached hydrogen (secondary N) is 2. The van der Waals surface area contributed by atoms with Gasteiger partial charge in [-0.15, -0.1) is 0 Å². The average molecular weight is 537 g/mol. The predicted octanol–water partition coefficient (Wildman–Crippen LogP) is -1.79. The molecule has 0 aromatic carbocycles. The van der Waals surface area contributed by atoms with Gasteiger partial charge in [0.1, 0.15) is 0 Å². The van der Waals surface area contributed by atoms with Crippen LogP contribution in [0.1, 0.15) is 38.5 Å². The highest BCUT2D eigenvalue weighted by molar-refractivity contribution is 5.81. The normalized spacial score (nSPS) is 12.9. The van der Waals surface area contributed by atoms with E-state index in [1.165, 1.54) is 0 Å². The van der Waals surface area contributed by atoms with Crippen LogP contribution in [0.4, 0.5) is 0 Å². The zero-order chi connectivity index (χ0) is 27.4. The molecule has 0 aliphatic rings. The van der Waals surface area contributed by atoms with E-state index in [1.54, 1.807) is 0 Å². The third kappa shape index (κ3) is 24.7. The smallest absolute Gasteiger partial charge is 0.236 e. The fourth-order valence-corrected chi connectivity index (χ4v) is 2.95. The lowest BCUT2D eigenvalue weighted by Gasteiger charge is -2.12. The highest BCUT2D eigenvalue weighted by Crippen LogP contribution is 1.94. The van der Waals surface area contributed by atoms with Crippen molar-refractivity contribution in [2.24, 2.45) is 22.9 Å². The molecule has 0 spiro atoms. The molecular weight excluding hydrogens is 484 g/mol. The van der Waals surface area contributed by atoms with E-state index in [4.69, 9.17) is 46.6 Å². The fourth-order valence-electron chi connectivity index (χ4n) is 2.95. The lowest BCUT2D eigenvalue weighted by Crippen LogP contribution is -2.41. The van der Waals surface area contributed by atoms with Gasteiger partial charge in [-0.1, -0.05) is 0 Å². The van der Waals surface area contributed by atoms with Crippen molar-refractivity contribution in [2.45, 2.75) is 50.6 Å². The van der Waals surface area contributed by atoms with Crippen LogP contribution in [-0.4, -0.2) is 116 Å². The second-order valence-corrected chi connectivity index (χ2v) is 8.43. The Bertz CT molecular complexity index is 490. The van der Waals surface area contributed by atoms with Gasteiger partial charge in [-0.2, -0.15) is 0 Å². The zero-order valence-electron chi connectivity index (χ0n) is 22.5. The SMILES string of the molecule is NCCC[C@H](N)C(=O)NCCCOCCOCCOCCOCCOCCCNC(=O)[C@@H](N)CCCN. The number of hydrogen-bond acceptors (Lipinski definition) is 11. The Morgan fingerprint density at radius 1 is 0.514 bits per heavy atom. The number of rotatable bonds is 28. The first-order valence-corrected chi connectivity index (χ1v) is 13.4. The summed E-state index contributed by atoms with van der Waals surface area (Å²) in [4.78, 5) is 23.4. The summed E-state index contributed by atoms with van der Waals surface area (Å²) in [5, 5.41) is 5.58. The lowest BCUT2D eigenvalue weighted by molar-refractivity contribution is -0.123. The molecule has 10 N–H and O–H groups in total. The van der Waals surface area contributed by atoms with Gasteiger partial charge < -0.3 is 57.3 Å². The summed E-state index contributed by atoms with van der Waals surface area (Å²) in [6.45, 7) is 7.10. The van der Waals surface area contributed by atoms with Crippen LogP contribution in [0.3, 0.4) is 0 Å². The minimum absolute atomic E-state index is 0.148. The number of nitrogens with two attached hydrogens (primary N) is 4. The second kappa shape index (κ2) is 27.6. The Morgan fingerprint density at radius 3 is 1.11 bits per heavy atom. The number of carbonyl (C=O) groups is 2.